The Morgan fingerprint density at radius 3 is 2.29 bits per heavy atom. The summed E-state index contributed by atoms with van der Waals surface area (Å²) in [4.78, 5) is 7.91. The maximum Gasteiger partial charge on any atom is 0.191 e. The van der Waals surface area contributed by atoms with Crippen molar-refractivity contribution in [3.8, 4) is 0 Å². The summed E-state index contributed by atoms with van der Waals surface area (Å²) in [5, 5.41) is 8.97. The van der Waals surface area contributed by atoms with Crippen LogP contribution in [-0.2, 0) is 5.41 Å². The van der Waals surface area contributed by atoms with Crippen molar-refractivity contribution in [2.45, 2.75) is 38.6 Å². The zero-order valence-electron chi connectivity index (χ0n) is 14.4. The molecular weight excluding hydrogens is 280 g/mol. The van der Waals surface area contributed by atoms with Crippen molar-refractivity contribution in [2.24, 2.45) is 4.99 Å². The predicted octanol–water partition coefficient (Wildman–Crippen LogP) is 2.53. The lowest BCUT2D eigenvalue weighted by Gasteiger charge is -2.33. The maximum atomic E-state index is 4.31. The molecule has 0 saturated heterocycles. The van der Waals surface area contributed by atoms with Gasteiger partial charge in [-0.1, -0.05) is 19.9 Å². The molecule has 1 heterocycles. The van der Waals surface area contributed by atoms with Crippen molar-refractivity contribution in [1.29, 1.82) is 0 Å². The van der Waals surface area contributed by atoms with Crippen LogP contribution in [0.3, 0.4) is 0 Å². The Morgan fingerprint density at radius 2 is 1.81 bits per heavy atom. The molecule has 0 saturated carbocycles. The molecule has 1 aromatic rings. The first-order chi connectivity index (χ1) is 9.69. The number of likely N-dealkylation sites (N-methyl/N-ethyl adjacent to an activating group) is 1. The largest absolute Gasteiger partial charge is 0.356 e. The van der Waals surface area contributed by atoms with Gasteiger partial charge in [0.2, 0.25) is 0 Å². The van der Waals surface area contributed by atoms with Crippen LogP contribution in [0.1, 0.15) is 32.6 Å². The van der Waals surface area contributed by atoms with E-state index in [1.165, 1.54) is 4.88 Å². The van der Waals surface area contributed by atoms with E-state index < -0.39 is 0 Å². The predicted molar refractivity (Wildman–Crippen MR) is 94.5 cm³/mol. The third kappa shape index (κ3) is 5.32. The molecule has 0 aromatic carbocycles. The van der Waals surface area contributed by atoms with Crippen molar-refractivity contribution in [3.05, 3.63) is 22.4 Å². The number of thiophene rings is 1. The fraction of sp³-hybridized carbons (Fsp3) is 0.688. The van der Waals surface area contributed by atoms with E-state index in [4.69, 9.17) is 0 Å². The molecule has 0 aliphatic carbocycles. The monoisotopic (exact) mass is 310 g/mol. The normalized spacial score (nSPS) is 13.6. The number of rotatable bonds is 6. The van der Waals surface area contributed by atoms with Gasteiger partial charge in [-0.25, -0.2) is 0 Å². The Bertz CT molecular complexity index is 447. The molecular formula is C16H30N4S. The van der Waals surface area contributed by atoms with Gasteiger partial charge in [0.25, 0.3) is 0 Å². The molecule has 0 aliphatic rings. The summed E-state index contributed by atoms with van der Waals surface area (Å²) in [7, 11) is 6.01. The summed E-state index contributed by atoms with van der Waals surface area (Å²) in [5.41, 5.74) is 0.184. The molecule has 1 aromatic heterocycles. The number of nitrogens with zero attached hydrogens (tertiary/aromatic N) is 2. The van der Waals surface area contributed by atoms with Crippen LogP contribution in [0, 0.1) is 0 Å². The average molecular weight is 311 g/mol. The molecule has 0 atom stereocenters. The summed E-state index contributed by atoms with van der Waals surface area (Å²) in [6.07, 6.45) is 0. The van der Waals surface area contributed by atoms with Crippen molar-refractivity contribution in [1.82, 2.24) is 15.5 Å². The molecule has 0 fully saturated rings. The van der Waals surface area contributed by atoms with E-state index in [0.717, 1.165) is 19.0 Å². The molecule has 0 amide bonds. The smallest absolute Gasteiger partial charge is 0.191 e. The Morgan fingerprint density at radius 1 is 1.19 bits per heavy atom. The molecule has 0 aliphatic heterocycles. The lowest BCUT2D eigenvalue weighted by atomic mass is 9.91. The maximum absolute atomic E-state index is 4.31. The summed E-state index contributed by atoms with van der Waals surface area (Å²) in [6, 6.07) is 4.30. The molecule has 21 heavy (non-hydrogen) atoms. The molecule has 120 valence electrons. The van der Waals surface area contributed by atoms with Gasteiger partial charge in [0.05, 0.1) is 0 Å². The number of guanidine groups is 1. The van der Waals surface area contributed by atoms with Gasteiger partial charge in [-0.05, 0) is 39.4 Å². The highest BCUT2D eigenvalue weighted by Gasteiger charge is 2.23. The highest BCUT2D eigenvalue weighted by Crippen LogP contribution is 2.26. The van der Waals surface area contributed by atoms with E-state index >= 15 is 0 Å². The minimum atomic E-state index is 0.0842. The highest BCUT2D eigenvalue weighted by atomic mass is 32.1. The average Bonchev–Trinajstić information content (AvgIpc) is 2.93. The third-order valence-corrected chi connectivity index (χ3v) is 5.24. The van der Waals surface area contributed by atoms with Gasteiger partial charge in [0.1, 0.15) is 0 Å². The minimum absolute atomic E-state index is 0.0842. The first kappa shape index (κ1) is 18.0. The Labute approximate surface area is 133 Å². The second kappa shape index (κ2) is 7.27. The van der Waals surface area contributed by atoms with E-state index in [-0.39, 0.29) is 11.0 Å². The molecule has 0 spiro atoms. The van der Waals surface area contributed by atoms with Crippen LogP contribution in [0.2, 0.25) is 0 Å². The summed E-state index contributed by atoms with van der Waals surface area (Å²) >= 11 is 1.80. The van der Waals surface area contributed by atoms with Gasteiger partial charge < -0.3 is 15.5 Å². The number of hydrogen-bond acceptors (Lipinski definition) is 3. The van der Waals surface area contributed by atoms with E-state index in [0.29, 0.717) is 0 Å². The van der Waals surface area contributed by atoms with Gasteiger partial charge in [-0.3, -0.25) is 4.99 Å². The summed E-state index contributed by atoms with van der Waals surface area (Å²) in [6.45, 7) is 10.6. The quantitative estimate of drug-likeness (QED) is 0.626. The number of nitrogens with one attached hydrogen (secondary N) is 2. The molecule has 5 heteroatoms. The molecule has 2 N–H and O–H groups in total. The van der Waals surface area contributed by atoms with E-state index in [1.807, 2.05) is 7.05 Å². The van der Waals surface area contributed by atoms with E-state index in [9.17, 15) is 0 Å². The van der Waals surface area contributed by atoms with Crippen molar-refractivity contribution in [2.75, 3.05) is 34.2 Å². The first-order valence-electron chi connectivity index (χ1n) is 7.35. The lowest BCUT2D eigenvalue weighted by molar-refractivity contribution is 0.197. The van der Waals surface area contributed by atoms with Gasteiger partial charge in [0.15, 0.2) is 5.96 Å². The van der Waals surface area contributed by atoms with E-state index in [2.05, 4.69) is 79.8 Å². The zero-order valence-corrected chi connectivity index (χ0v) is 15.3. The van der Waals surface area contributed by atoms with Crippen LogP contribution in [-0.4, -0.2) is 50.6 Å². The number of hydrogen-bond donors (Lipinski definition) is 2. The van der Waals surface area contributed by atoms with Crippen molar-refractivity contribution in [3.63, 3.8) is 0 Å². The molecule has 1 rings (SSSR count). The second-order valence-electron chi connectivity index (χ2n) is 6.85. The van der Waals surface area contributed by atoms with Crippen LogP contribution in [0.15, 0.2) is 22.5 Å². The molecule has 0 bridgehead atoms. The Hall–Kier alpha value is -1.07. The SMILES string of the molecule is CN=C(NCC(C)(C)c1cccs1)NCC(C)(C)N(C)C. The van der Waals surface area contributed by atoms with Gasteiger partial charge in [-0.15, -0.1) is 11.3 Å². The van der Waals surface area contributed by atoms with E-state index in [1.54, 1.807) is 11.3 Å². The molecule has 0 radical (unpaired) electrons. The summed E-state index contributed by atoms with van der Waals surface area (Å²) < 4.78 is 0. The van der Waals surface area contributed by atoms with Gasteiger partial charge >= 0.3 is 0 Å². The fourth-order valence-electron chi connectivity index (χ4n) is 1.73. The first-order valence-corrected chi connectivity index (χ1v) is 8.23. The zero-order chi connectivity index (χ0) is 16.1. The van der Waals surface area contributed by atoms with Crippen LogP contribution in [0.25, 0.3) is 0 Å². The Balaban J connectivity index is 2.53. The van der Waals surface area contributed by atoms with Crippen molar-refractivity contribution < 1.29 is 0 Å². The van der Waals surface area contributed by atoms with Crippen LogP contribution in [0.5, 0.6) is 0 Å². The highest BCUT2D eigenvalue weighted by molar-refractivity contribution is 7.10. The van der Waals surface area contributed by atoms with Gasteiger partial charge in [-0.2, -0.15) is 0 Å². The minimum Gasteiger partial charge on any atom is -0.356 e. The third-order valence-electron chi connectivity index (χ3n) is 4.01. The lowest BCUT2D eigenvalue weighted by Crippen LogP contribution is -2.52. The van der Waals surface area contributed by atoms with Gasteiger partial charge in [0, 0.05) is 36.0 Å². The summed E-state index contributed by atoms with van der Waals surface area (Å²) in [5.74, 6) is 0.856. The van der Waals surface area contributed by atoms with Crippen LogP contribution < -0.4 is 10.6 Å². The van der Waals surface area contributed by atoms with Crippen LogP contribution >= 0.6 is 11.3 Å². The standard InChI is InChI=1S/C16H30N4S/c1-15(2,13-9-8-10-21-13)11-18-14(17-5)19-12-16(3,4)20(6)7/h8-10H,11-12H2,1-7H3,(H2,17,18,19). The Kier molecular flexibility index (Phi) is 6.23. The second-order valence-corrected chi connectivity index (χ2v) is 7.80. The van der Waals surface area contributed by atoms with Crippen LogP contribution in [0.4, 0.5) is 0 Å². The van der Waals surface area contributed by atoms with Crippen molar-refractivity contribution >= 4 is 17.3 Å². The molecule has 4 nitrogen and oxygen atoms in total. The number of aliphatic imine (C=N–C) groups is 1. The molecule has 0 unspecified atom stereocenters. The topological polar surface area (TPSA) is 39.7 Å². The fourth-order valence-corrected chi connectivity index (χ4v) is 2.59.